The summed E-state index contributed by atoms with van der Waals surface area (Å²) in [4.78, 5) is 15.8. The van der Waals surface area contributed by atoms with Crippen LogP contribution < -0.4 is 16.0 Å². The van der Waals surface area contributed by atoms with E-state index in [1.165, 1.54) is 7.11 Å². The maximum atomic E-state index is 11.2. The molecule has 0 radical (unpaired) electrons. The lowest BCUT2D eigenvalue weighted by Crippen LogP contribution is -2.36. The Morgan fingerprint density at radius 1 is 1.11 bits per heavy atom. The van der Waals surface area contributed by atoms with Crippen LogP contribution in [0.25, 0.3) is 0 Å². The highest BCUT2D eigenvalue weighted by molar-refractivity contribution is 14.0. The summed E-state index contributed by atoms with van der Waals surface area (Å²) in [5, 5.41) is 9.83. The fraction of sp³-hybridized carbons (Fsp3) is 0.263. The van der Waals surface area contributed by atoms with Crippen LogP contribution in [-0.4, -0.2) is 25.7 Å². The van der Waals surface area contributed by atoms with Gasteiger partial charge in [-0.25, -0.2) is 9.79 Å². The second-order valence-corrected chi connectivity index (χ2v) is 5.93. The van der Waals surface area contributed by atoms with Crippen LogP contribution in [0, 0.1) is 0 Å². The van der Waals surface area contributed by atoms with Gasteiger partial charge in [-0.3, -0.25) is 5.32 Å². The monoisotopic (exact) mass is 502 g/mol. The van der Waals surface area contributed by atoms with E-state index in [0.717, 1.165) is 23.6 Å². The second kappa shape index (κ2) is 12.4. The highest BCUT2D eigenvalue weighted by Crippen LogP contribution is 2.12. The summed E-state index contributed by atoms with van der Waals surface area (Å²) in [6, 6.07) is 15.2. The molecule has 6 nitrogen and oxygen atoms in total. The van der Waals surface area contributed by atoms with E-state index in [0.29, 0.717) is 23.8 Å². The first-order valence-corrected chi connectivity index (χ1v) is 8.69. The highest BCUT2D eigenvalue weighted by Gasteiger charge is 2.02. The van der Waals surface area contributed by atoms with Crippen molar-refractivity contribution >= 4 is 53.3 Å². The van der Waals surface area contributed by atoms with Crippen LogP contribution in [-0.2, 0) is 17.8 Å². The van der Waals surface area contributed by atoms with E-state index in [9.17, 15) is 4.79 Å². The maximum absolute atomic E-state index is 11.2. The van der Waals surface area contributed by atoms with Gasteiger partial charge in [0.05, 0.1) is 13.7 Å². The van der Waals surface area contributed by atoms with Crippen LogP contribution >= 0.6 is 35.6 Å². The number of carbonyl (C=O) groups excluding carboxylic acids is 1. The van der Waals surface area contributed by atoms with Crippen LogP contribution in [0.4, 0.5) is 10.5 Å². The van der Waals surface area contributed by atoms with Gasteiger partial charge in [0.25, 0.3) is 0 Å². The van der Waals surface area contributed by atoms with Gasteiger partial charge in [0.15, 0.2) is 5.96 Å². The first kappa shape index (κ1) is 23.0. The molecular formula is C19H24ClIN4O2. The molecule has 8 heteroatoms. The number of rotatable bonds is 6. The Morgan fingerprint density at radius 3 is 2.48 bits per heavy atom. The minimum absolute atomic E-state index is 0. The summed E-state index contributed by atoms with van der Waals surface area (Å²) in [5.41, 5.74) is 2.80. The van der Waals surface area contributed by atoms with Gasteiger partial charge in [0.1, 0.15) is 0 Å². The van der Waals surface area contributed by atoms with E-state index < -0.39 is 6.09 Å². The van der Waals surface area contributed by atoms with Crippen molar-refractivity contribution < 1.29 is 9.53 Å². The fourth-order valence-electron chi connectivity index (χ4n) is 2.21. The van der Waals surface area contributed by atoms with E-state index in [2.05, 4.69) is 25.7 Å². The largest absolute Gasteiger partial charge is 0.453 e. The summed E-state index contributed by atoms with van der Waals surface area (Å²) < 4.78 is 4.57. The van der Waals surface area contributed by atoms with Crippen molar-refractivity contribution in [1.29, 1.82) is 0 Å². The first-order chi connectivity index (χ1) is 12.6. The van der Waals surface area contributed by atoms with Crippen LogP contribution in [0.3, 0.4) is 0 Å². The van der Waals surface area contributed by atoms with Gasteiger partial charge in [0, 0.05) is 23.8 Å². The number of aliphatic imine (C=N–C) groups is 1. The summed E-state index contributed by atoms with van der Waals surface area (Å²) in [6.45, 7) is 3.94. The van der Waals surface area contributed by atoms with Crippen LogP contribution in [0.1, 0.15) is 18.1 Å². The molecule has 0 aromatic heterocycles. The zero-order valence-corrected chi connectivity index (χ0v) is 18.4. The van der Waals surface area contributed by atoms with Gasteiger partial charge in [-0.1, -0.05) is 35.9 Å². The van der Waals surface area contributed by atoms with Crippen molar-refractivity contribution in [3.8, 4) is 0 Å². The number of ether oxygens (including phenoxy) is 1. The van der Waals surface area contributed by atoms with Crippen molar-refractivity contribution in [1.82, 2.24) is 10.6 Å². The molecule has 0 aliphatic carbocycles. The van der Waals surface area contributed by atoms with E-state index >= 15 is 0 Å². The van der Waals surface area contributed by atoms with E-state index in [1.807, 2.05) is 55.5 Å². The quantitative estimate of drug-likeness (QED) is 0.311. The Morgan fingerprint density at radius 2 is 1.85 bits per heavy atom. The Kier molecular flexibility index (Phi) is 10.6. The number of guanidine groups is 1. The summed E-state index contributed by atoms with van der Waals surface area (Å²) in [5.74, 6) is 0.726. The molecule has 0 saturated carbocycles. The second-order valence-electron chi connectivity index (χ2n) is 5.49. The molecule has 0 spiro atoms. The first-order valence-electron chi connectivity index (χ1n) is 8.31. The van der Waals surface area contributed by atoms with Gasteiger partial charge in [-0.2, -0.15) is 0 Å². The maximum Gasteiger partial charge on any atom is 0.411 e. The van der Waals surface area contributed by atoms with Crippen LogP contribution in [0.15, 0.2) is 53.5 Å². The van der Waals surface area contributed by atoms with Crippen molar-refractivity contribution in [2.75, 3.05) is 19.0 Å². The average Bonchev–Trinajstić information content (AvgIpc) is 2.65. The number of anilines is 1. The number of methoxy groups -OCH3 is 1. The normalized spacial score (nSPS) is 10.6. The number of benzene rings is 2. The summed E-state index contributed by atoms with van der Waals surface area (Å²) in [6.07, 6.45) is -0.488. The molecule has 2 aromatic rings. The van der Waals surface area contributed by atoms with Crippen molar-refractivity contribution in [3.05, 3.63) is 64.7 Å². The number of hydrogen-bond acceptors (Lipinski definition) is 3. The Hall–Kier alpha value is -2.00. The number of carbonyl (C=O) groups is 1. The molecule has 0 fully saturated rings. The Bertz CT molecular complexity index is 754. The van der Waals surface area contributed by atoms with Gasteiger partial charge in [-0.15, -0.1) is 24.0 Å². The molecule has 0 saturated heterocycles. The van der Waals surface area contributed by atoms with E-state index in [1.54, 1.807) is 0 Å². The van der Waals surface area contributed by atoms with Gasteiger partial charge < -0.3 is 15.4 Å². The molecule has 0 unspecified atom stereocenters. The third-order valence-corrected chi connectivity index (χ3v) is 3.73. The predicted molar refractivity (Wildman–Crippen MR) is 121 cm³/mol. The Balaban J connectivity index is 0.00000364. The van der Waals surface area contributed by atoms with E-state index in [4.69, 9.17) is 11.6 Å². The molecule has 0 aliphatic rings. The van der Waals surface area contributed by atoms with E-state index in [-0.39, 0.29) is 24.0 Å². The summed E-state index contributed by atoms with van der Waals surface area (Å²) >= 11 is 6.00. The molecule has 3 N–H and O–H groups in total. The molecule has 2 rings (SSSR count). The fourth-order valence-corrected chi connectivity index (χ4v) is 2.42. The van der Waals surface area contributed by atoms with Crippen molar-refractivity contribution in [2.45, 2.75) is 20.0 Å². The molecule has 146 valence electrons. The lowest BCUT2D eigenvalue weighted by molar-refractivity contribution is 0.187. The van der Waals surface area contributed by atoms with Gasteiger partial charge in [-0.05, 0) is 42.3 Å². The number of hydrogen-bond donors (Lipinski definition) is 3. The SMILES string of the molecule is CCNC(=NCc1cccc(Cl)c1)NCc1ccc(NC(=O)OC)cc1.I. The topological polar surface area (TPSA) is 74.8 Å². The molecule has 0 bridgehead atoms. The third kappa shape index (κ3) is 8.49. The lowest BCUT2D eigenvalue weighted by Gasteiger charge is -2.12. The predicted octanol–water partition coefficient (Wildman–Crippen LogP) is 4.39. The number of nitrogens with zero attached hydrogens (tertiary/aromatic N) is 1. The number of halogens is 2. The third-order valence-electron chi connectivity index (χ3n) is 3.50. The Labute approximate surface area is 181 Å². The van der Waals surface area contributed by atoms with Gasteiger partial charge >= 0.3 is 6.09 Å². The highest BCUT2D eigenvalue weighted by atomic mass is 127. The van der Waals surface area contributed by atoms with Crippen LogP contribution in [0.5, 0.6) is 0 Å². The van der Waals surface area contributed by atoms with Crippen molar-refractivity contribution in [2.24, 2.45) is 4.99 Å². The van der Waals surface area contributed by atoms with Crippen molar-refractivity contribution in [3.63, 3.8) is 0 Å². The zero-order valence-electron chi connectivity index (χ0n) is 15.3. The molecule has 27 heavy (non-hydrogen) atoms. The summed E-state index contributed by atoms with van der Waals surface area (Å²) in [7, 11) is 1.33. The molecular weight excluding hydrogens is 479 g/mol. The number of nitrogens with one attached hydrogen (secondary N) is 3. The van der Waals surface area contributed by atoms with Crippen LogP contribution in [0.2, 0.25) is 5.02 Å². The molecule has 0 aliphatic heterocycles. The standard InChI is InChI=1S/C19H23ClN4O2.HI/c1-3-21-18(23-13-15-5-4-6-16(20)11-15)22-12-14-7-9-17(10-8-14)24-19(25)26-2;/h4-11H,3,12-13H2,1-2H3,(H,24,25)(H2,21,22,23);1H. The minimum atomic E-state index is -0.488. The number of amides is 1. The zero-order chi connectivity index (χ0) is 18.8. The minimum Gasteiger partial charge on any atom is -0.453 e. The molecule has 1 amide bonds. The average molecular weight is 503 g/mol. The molecule has 0 atom stereocenters. The molecule has 0 heterocycles. The lowest BCUT2D eigenvalue weighted by atomic mass is 10.2. The smallest absolute Gasteiger partial charge is 0.411 e. The molecule has 2 aromatic carbocycles. The van der Waals surface area contributed by atoms with Gasteiger partial charge in [0.2, 0.25) is 0 Å².